The molecule has 1 spiro atoms. The Labute approximate surface area is 208 Å². The van der Waals surface area contributed by atoms with E-state index >= 15 is 0 Å². The normalized spacial score (nSPS) is 43.6. The second kappa shape index (κ2) is 7.40. The summed E-state index contributed by atoms with van der Waals surface area (Å²) in [6.07, 6.45) is 8.25. The molecular weight excluding hydrogens is 436 g/mol. The number of ether oxygens (including phenoxy) is 1. The molecule has 8 atom stereocenters. The van der Waals surface area contributed by atoms with Gasteiger partial charge in [0.25, 0.3) is 0 Å². The van der Waals surface area contributed by atoms with Crippen LogP contribution in [0, 0.1) is 45.8 Å². The molecule has 0 N–H and O–H groups in total. The highest BCUT2D eigenvalue weighted by Crippen LogP contribution is 2.75. The third kappa shape index (κ3) is 2.72. The van der Waals surface area contributed by atoms with Crippen molar-refractivity contribution in [2.45, 2.75) is 72.1 Å². The lowest BCUT2D eigenvalue weighted by Gasteiger charge is -2.70. The van der Waals surface area contributed by atoms with Crippen molar-refractivity contribution in [3.63, 3.8) is 0 Å². The van der Waals surface area contributed by atoms with Crippen LogP contribution < -0.4 is 0 Å². The molecule has 3 saturated carbocycles. The molecule has 0 amide bonds. The minimum atomic E-state index is -0.483. The largest absolute Gasteiger partial charge is 0.469 e. The Morgan fingerprint density at radius 1 is 1.06 bits per heavy atom. The molecule has 3 fully saturated rings. The zero-order chi connectivity index (χ0) is 24.9. The van der Waals surface area contributed by atoms with Gasteiger partial charge < -0.3 is 4.74 Å². The smallest absolute Gasteiger partial charge is 0.311 e. The molecule has 6 aliphatic carbocycles. The fourth-order valence-electron chi connectivity index (χ4n) is 10.2. The summed E-state index contributed by atoms with van der Waals surface area (Å²) in [5.74, 6) is 0.484. The van der Waals surface area contributed by atoms with E-state index in [1.165, 1.54) is 12.7 Å². The molecular formula is C31H38O4. The first-order valence-corrected chi connectivity index (χ1v) is 13.6. The van der Waals surface area contributed by atoms with Crippen LogP contribution in [0.15, 0.2) is 35.9 Å². The van der Waals surface area contributed by atoms with Gasteiger partial charge in [-0.25, -0.2) is 0 Å². The molecule has 7 rings (SSSR count). The molecule has 2 bridgehead atoms. The minimum Gasteiger partial charge on any atom is -0.469 e. The van der Waals surface area contributed by atoms with E-state index in [0.717, 1.165) is 44.1 Å². The van der Waals surface area contributed by atoms with E-state index in [-0.39, 0.29) is 52.0 Å². The Bertz CT molecular complexity index is 1160. The van der Waals surface area contributed by atoms with Crippen molar-refractivity contribution < 1.29 is 19.1 Å². The van der Waals surface area contributed by atoms with E-state index in [1.54, 1.807) is 0 Å². The average Bonchev–Trinajstić information content (AvgIpc) is 2.85. The van der Waals surface area contributed by atoms with Gasteiger partial charge in [0.05, 0.1) is 12.5 Å². The average molecular weight is 475 g/mol. The monoisotopic (exact) mass is 474 g/mol. The van der Waals surface area contributed by atoms with Gasteiger partial charge in [-0.15, -0.1) is 0 Å². The molecule has 6 aliphatic rings. The number of allylic oxidation sites excluding steroid dienone is 2. The predicted molar refractivity (Wildman–Crippen MR) is 134 cm³/mol. The van der Waals surface area contributed by atoms with Crippen LogP contribution in [0.3, 0.4) is 0 Å². The van der Waals surface area contributed by atoms with Crippen LogP contribution in [0.4, 0.5) is 0 Å². The fourth-order valence-corrected chi connectivity index (χ4v) is 10.2. The molecule has 35 heavy (non-hydrogen) atoms. The van der Waals surface area contributed by atoms with Gasteiger partial charge in [0, 0.05) is 22.8 Å². The first-order chi connectivity index (χ1) is 16.6. The molecule has 4 heteroatoms. The molecule has 0 heterocycles. The lowest BCUT2D eigenvalue weighted by Crippen LogP contribution is -2.66. The number of carbonyl (C=O) groups is 3. The first kappa shape index (κ1) is 23.2. The van der Waals surface area contributed by atoms with Crippen LogP contribution in [0.1, 0.15) is 88.1 Å². The lowest BCUT2D eigenvalue weighted by molar-refractivity contribution is -0.194. The zero-order valence-corrected chi connectivity index (χ0v) is 21.7. The van der Waals surface area contributed by atoms with Gasteiger partial charge in [0.15, 0.2) is 0 Å². The zero-order valence-electron chi connectivity index (χ0n) is 21.7. The standard InChI is InChI=1S/C31H38O4/c1-17(2)21-16-31-14-11-22-29(3,12-8-13-30(22,4)28(34)35-5)23(31)15-20(21)24-18-9-6-7-10-19(18)26(32)27(33)25(24)31/h6-7,9-10,16-17,20,22-25H,8,11-15H2,1-5H3. The van der Waals surface area contributed by atoms with Crippen LogP contribution >= 0.6 is 0 Å². The Morgan fingerprint density at radius 3 is 2.51 bits per heavy atom. The molecule has 8 unspecified atom stereocenters. The number of hydrogen-bond acceptors (Lipinski definition) is 4. The number of hydrogen-bond donors (Lipinski definition) is 0. The van der Waals surface area contributed by atoms with Crippen LogP contribution in [0.5, 0.6) is 0 Å². The van der Waals surface area contributed by atoms with Gasteiger partial charge >= 0.3 is 5.97 Å². The summed E-state index contributed by atoms with van der Waals surface area (Å²) in [5.41, 5.74) is 2.35. The van der Waals surface area contributed by atoms with E-state index in [2.05, 4.69) is 39.8 Å². The van der Waals surface area contributed by atoms with E-state index in [4.69, 9.17) is 4.74 Å². The Hall–Kier alpha value is -2.23. The molecule has 1 aromatic rings. The predicted octanol–water partition coefficient (Wildman–Crippen LogP) is 6.15. The van der Waals surface area contributed by atoms with Crippen LogP contribution in [0.25, 0.3) is 0 Å². The summed E-state index contributed by atoms with van der Waals surface area (Å²) in [6, 6.07) is 7.86. The Kier molecular flexibility index (Phi) is 4.90. The van der Waals surface area contributed by atoms with Crippen molar-refractivity contribution >= 4 is 17.5 Å². The number of methoxy groups -OCH3 is 1. The highest BCUT2D eigenvalue weighted by atomic mass is 16.5. The summed E-state index contributed by atoms with van der Waals surface area (Å²) in [4.78, 5) is 40.4. The minimum absolute atomic E-state index is 0.0536. The van der Waals surface area contributed by atoms with Crippen LogP contribution in [0.2, 0.25) is 0 Å². The molecule has 4 nitrogen and oxygen atoms in total. The van der Waals surface area contributed by atoms with Crippen molar-refractivity contribution in [1.29, 1.82) is 0 Å². The molecule has 1 aromatic carbocycles. The maximum absolute atomic E-state index is 13.9. The summed E-state index contributed by atoms with van der Waals surface area (Å²) in [7, 11) is 1.51. The number of benzene rings is 1. The maximum Gasteiger partial charge on any atom is 0.311 e. The quantitative estimate of drug-likeness (QED) is 0.293. The highest BCUT2D eigenvalue weighted by molar-refractivity contribution is 6.46. The van der Waals surface area contributed by atoms with Gasteiger partial charge in [-0.3, -0.25) is 14.4 Å². The SMILES string of the molecule is COC(=O)C1(C)CCCC2(C)C1CCC13C=C(C(C)C)C(CC21)C1c2ccccc2C(=O)C(=O)C13. The summed E-state index contributed by atoms with van der Waals surface area (Å²) >= 11 is 0. The number of esters is 1. The van der Waals surface area contributed by atoms with Crippen LogP contribution in [-0.4, -0.2) is 24.6 Å². The highest BCUT2D eigenvalue weighted by Gasteiger charge is 2.71. The second-order valence-electron chi connectivity index (χ2n) is 12.9. The van der Waals surface area contributed by atoms with Gasteiger partial charge in [-0.2, -0.15) is 0 Å². The van der Waals surface area contributed by atoms with E-state index in [0.29, 0.717) is 17.4 Å². The fraction of sp³-hybridized carbons (Fsp3) is 0.645. The van der Waals surface area contributed by atoms with Crippen molar-refractivity contribution in [2.75, 3.05) is 7.11 Å². The van der Waals surface area contributed by atoms with Gasteiger partial charge in [0.1, 0.15) is 0 Å². The summed E-state index contributed by atoms with van der Waals surface area (Å²) in [6.45, 7) is 9.06. The number of rotatable bonds is 2. The molecule has 0 aromatic heterocycles. The van der Waals surface area contributed by atoms with Crippen molar-refractivity contribution in [3.8, 4) is 0 Å². The molecule has 0 saturated heterocycles. The summed E-state index contributed by atoms with van der Waals surface area (Å²) in [5, 5.41) is 0. The third-order valence-electron chi connectivity index (χ3n) is 11.4. The number of fused-ring (bicyclic) bond motifs is 2. The first-order valence-electron chi connectivity index (χ1n) is 13.6. The third-order valence-corrected chi connectivity index (χ3v) is 11.4. The number of carbonyl (C=O) groups excluding carboxylic acids is 3. The summed E-state index contributed by atoms with van der Waals surface area (Å²) < 4.78 is 5.34. The van der Waals surface area contributed by atoms with Crippen molar-refractivity contribution in [2.24, 2.45) is 45.8 Å². The van der Waals surface area contributed by atoms with Gasteiger partial charge in [0.2, 0.25) is 11.6 Å². The van der Waals surface area contributed by atoms with Crippen LogP contribution in [-0.2, 0) is 14.3 Å². The number of Topliss-reactive ketones (excluding diaryl/α,β-unsaturated/α-hetero) is 2. The van der Waals surface area contributed by atoms with Gasteiger partial charge in [-0.1, -0.05) is 63.1 Å². The van der Waals surface area contributed by atoms with Gasteiger partial charge in [-0.05, 0) is 73.7 Å². The topological polar surface area (TPSA) is 60.4 Å². The Morgan fingerprint density at radius 2 is 1.80 bits per heavy atom. The second-order valence-corrected chi connectivity index (χ2v) is 12.9. The van der Waals surface area contributed by atoms with Crippen molar-refractivity contribution in [3.05, 3.63) is 47.0 Å². The van der Waals surface area contributed by atoms with Crippen molar-refractivity contribution in [1.82, 2.24) is 0 Å². The maximum atomic E-state index is 13.9. The lowest BCUT2D eigenvalue weighted by atomic mass is 9.33. The van der Waals surface area contributed by atoms with E-state index in [1.807, 2.05) is 18.2 Å². The molecule has 0 aliphatic heterocycles. The molecule has 186 valence electrons. The van der Waals surface area contributed by atoms with E-state index < -0.39 is 5.41 Å². The number of ketones is 2. The molecule has 0 radical (unpaired) electrons. The Balaban J connectivity index is 1.54. The van der Waals surface area contributed by atoms with E-state index in [9.17, 15) is 14.4 Å².